The summed E-state index contributed by atoms with van der Waals surface area (Å²) in [6, 6.07) is 11.2. The van der Waals surface area contributed by atoms with E-state index in [2.05, 4.69) is 20.5 Å². The van der Waals surface area contributed by atoms with E-state index in [4.69, 9.17) is 9.47 Å². The fraction of sp³-hybridized carbons (Fsp3) is 0.263. The Labute approximate surface area is 166 Å². The predicted octanol–water partition coefficient (Wildman–Crippen LogP) is 1.93. The van der Waals surface area contributed by atoms with Gasteiger partial charge in [-0.3, -0.25) is 9.78 Å². The number of fused-ring (bicyclic) bond motifs is 1. The van der Waals surface area contributed by atoms with E-state index in [-0.39, 0.29) is 17.8 Å². The molecule has 0 spiro atoms. The Hall–Kier alpha value is -3.07. The minimum Gasteiger partial charge on any atom is -0.486 e. The number of carbonyl (C=O) groups is 1. The second-order valence-corrected chi connectivity index (χ2v) is 7.13. The molecule has 1 aliphatic rings. The van der Waals surface area contributed by atoms with Crippen molar-refractivity contribution in [3.05, 3.63) is 48.8 Å². The summed E-state index contributed by atoms with van der Waals surface area (Å²) in [6.45, 7) is 0.790. The van der Waals surface area contributed by atoms with E-state index in [1.165, 1.54) is 11.8 Å². The summed E-state index contributed by atoms with van der Waals surface area (Å²) in [7, 11) is 1.88. The van der Waals surface area contributed by atoms with Gasteiger partial charge >= 0.3 is 0 Å². The summed E-state index contributed by atoms with van der Waals surface area (Å²) in [5.41, 5.74) is 0.927. The van der Waals surface area contributed by atoms with E-state index >= 15 is 0 Å². The molecule has 28 heavy (non-hydrogen) atoms. The van der Waals surface area contributed by atoms with Crippen LogP contribution in [0.25, 0.3) is 11.4 Å². The highest BCUT2D eigenvalue weighted by atomic mass is 32.2. The van der Waals surface area contributed by atoms with Crippen LogP contribution in [0.15, 0.2) is 53.9 Å². The first-order chi connectivity index (χ1) is 13.7. The first kappa shape index (κ1) is 18.3. The van der Waals surface area contributed by atoms with Crippen LogP contribution < -0.4 is 14.8 Å². The Morgan fingerprint density at radius 3 is 2.82 bits per heavy atom. The second-order valence-electron chi connectivity index (χ2n) is 6.19. The third-order valence-corrected chi connectivity index (χ3v) is 5.22. The molecular weight excluding hydrogens is 378 g/mol. The van der Waals surface area contributed by atoms with E-state index in [1.54, 1.807) is 12.4 Å². The molecule has 0 bridgehead atoms. The number of hydrogen-bond acceptors (Lipinski definition) is 7. The number of pyridine rings is 1. The largest absolute Gasteiger partial charge is 0.486 e. The van der Waals surface area contributed by atoms with Crippen LogP contribution in [0.2, 0.25) is 0 Å². The highest BCUT2D eigenvalue weighted by Gasteiger charge is 2.21. The zero-order valence-corrected chi connectivity index (χ0v) is 16.1. The molecule has 1 aliphatic heterocycles. The molecule has 0 saturated heterocycles. The highest BCUT2D eigenvalue weighted by molar-refractivity contribution is 7.99. The van der Waals surface area contributed by atoms with Gasteiger partial charge in [-0.1, -0.05) is 23.9 Å². The summed E-state index contributed by atoms with van der Waals surface area (Å²) in [5, 5.41) is 11.9. The predicted molar refractivity (Wildman–Crippen MR) is 104 cm³/mol. The van der Waals surface area contributed by atoms with Gasteiger partial charge in [0.1, 0.15) is 12.7 Å². The van der Waals surface area contributed by atoms with Crippen molar-refractivity contribution in [2.24, 2.45) is 7.05 Å². The first-order valence-corrected chi connectivity index (χ1v) is 9.77. The molecule has 8 nitrogen and oxygen atoms in total. The molecule has 0 unspecified atom stereocenters. The van der Waals surface area contributed by atoms with Crippen LogP contribution in [-0.2, 0) is 11.8 Å². The van der Waals surface area contributed by atoms with Crippen LogP contribution in [0, 0.1) is 0 Å². The molecule has 3 aromatic rings. The van der Waals surface area contributed by atoms with Gasteiger partial charge in [0, 0.05) is 25.0 Å². The van der Waals surface area contributed by atoms with Gasteiger partial charge in [-0.15, -0.1) is 10.2 Å². The molecule has 2 aromatic heterocycles. The van der Waals surface area contributed by atoms with Crippen molar-refractivity contribution in [1.29, 1.82) is 0 Å². The van der Waals surface area contributed by atoms with E-state index in [0.717, 1.165) is 17.1 Å². The fourth-order valence-electron chi connectivity index (χ4n) is 2.77. The smallest absolute Gasteiger partial charge is 0.230 e. The zero-order valence-electron chi connectivity index (χ0n) is 15.2. The van der Waals surface area contributed by atoms with Gasteiger partial charge in [-0.2, -0.15) is 0 Å². The Morgan fingerprint density at radius 2 is 2.00 bits per heavy atom. The van der Waals surface area contributed by atoms with E-state index in [0.29, 0.717) is 24.1 Å². The number of aromatic nitrogens is 4. The molecule has 9 heteroatoms. The average Bonchev–Trinajstić information content (AvgIpc) is 3.11. The Kier molecular flexibility index (Phi) is 5.43. The van der Waals surface area contributed by atoms with Crippen molar-refractivity contribution in [2.45, 2.75) is 11.3 Å². The topological polar surface area (TPSA) is 91.2 Å². The maximum atomic E-state index is 12.2. The summed E-state index contributed by atoms with van der Waals surface area (Å²) in [5.74, 6) is 2.31. The number of para-hydroxylation sites is 2. The maximum absolute atomic E-state index is 12.2. The summed E-state index contributed by atoms with van der Waals surface area (Å²) < 4.78 is 13.4. The normalized spacial score (nSPS) is 15.2. The number of amides is 1. The van der Waals surface area contributed by atoms with E-state index < -0.39 is 0 Å². The van der Waals surface area contributed by atoms with Crippen molar-refractivity contribution in [2.75, 3.05) is 18.9 Å². The van der Waals surface area contributed by atoms with Gasteiger partial charge < -0.3 is 19.4 Å². The average molecular weight is 397 g/mol. The number of nitrogens with zero attached hydrogens (tertiary/aromatic N) is 4. The van der Waals surface area contributed by atoms with Gasteiger partial charge in [0.15, 0.2) is 22.5 Å². The number of hydrogen-bond donors (Lipinski definition) is 1. The number of nitrogens with one attached hydrogen (secondary N) is 1. The third kappa shape index (κ3) is 4.09. The van der Waals surface area contributed by atoms with Crippen molar-refractivity contribution in [3.8, 4) is 22.9 Å². The van der Waals surface area contributed by atoms with Gasteiger partial charge in [0.25, 0.3) is 0 Å². The third-order valence-electron chi connectivity index (χ3n) is 4.20. The van der Waals surface area contributed by atoms with Crippen molar-refractivity contribution >= 4 is 17.7 Å². The lowest BCUT2D eigenvalue weighted by molar-refractivity contribution is -0.119. The number of ether oxygens (including phenoxy) is 2. The number of benzene rings is 1. The zero-order chi connectivity index (χ0) is 19.3. The SMILES string of the molecule is Cn1c(SCC(=O)NC[C@H]2COc3ccccc3O2)nnc1-c1ccncc1. The Balaban J connectivity index is 1.27. The monoisotopic (exact) mass is 397 g/mol. The van der Waals surface area contributed by atoms with Gasteiger partial charge in [0.05, 0.1) is 12.3 Å². The van der Waals surface area contributed by atoms with Crippen molar-refractivity contribution < 1.29 is 14.3 Å². The minimum atomic E-state index is -0.211. The number of thioether (sulfide) groups is 1. The van der Waals surface area contributed by atoms with Crippen LogP contribution in [-0.4, -0.2) is 50.7 Å². The molecule has 0 radical (unpaired) electrons. The van der Waals surface area contributed by atoms with Crippen LogP contribution in [0.3, 0.4) is 0 Å². The van der Waals surface area contributed by atoms with Crippen LogP contribution >= 0.6 is 11.8 Å². The lowest BCUT2D eigenvalue weighted by atomic mass is 10.2. The molecule has 1 aromatic carbocycles. The quantitative estimate of drug-likeness (QED) is 0.636. The number of carbonyl (C=O) groups excluding carboxylic acids is 1. The molecule has 144 valence electrons. The molecule has 4 rings (SSSR count). The summed E-state index contributed by atoms with van der Waals surface area (Å²) in [4.78, 5) is 16.2. The Bertz CT molecular complexity index is 963. The molecule has 3 heterocycles. The number of rotatable bonds is 6. The molecule has 0 saturated carbocycles. The molecule has 1 amide bonds. The summed E-state index contributed by atoms with van der Waals surface area (Å²) >= 11 is 1.34. The van der Waals surface area contributed by atoms with Gasteiger partial charge in [0.2, 0.25) is 5.91 Å². The van der Waals surface area contributed by atoms with E-state index in [1.807, 2.05) is 48.0 Å². The molecular formula is C19H19N5O3S. The maximum Gasteiger partial charge on any atom is 0.230 e. The van der Waals surface area contributed by atoms with Gasteiger partial charge in [-0.25, -0.2) is 0 Å². The molecule has 0 aliphatic carbocycles. The lowest BCUT2D eigenvalue weighted by Gasteiger charge is -2.26. The Morgan fingerprint density at radius 1 is 1.21 bits per heavy atom. The minimum absolute atomic E-state index is 0.0964. The summed E-state index contributed by atoms with van der Waals surface area (Å²) in [6.07, 6.45) is 3.20. The molecule has 1 atom stereocenters. The van der Waals surface area contributed by atoms with Crippen molar-refractivity contribution in [1.82, 2.24) is 25.1 Å². The lowest BCUT2D eigenvalue weighted by Crippen LogP contribution is -2.41. The highest BCUT2D eigenvalue weighted by Crippen LogP contribution is 2.30. The fourth-order valence-corrected chi connectivity index (χ4v) is 3.51. The molecule has 0 fully saturated rings. The standard InChI is InChI=1S/C19H19N5O3S/c1-24-18(13-6-8-20-9-7-13)22-23-19(24)28-12-17(25)21-10-14-11-26-15-4-2-3-5-16(15)27-14/h2-9,14H,10-12H2,1H3,(H,21,25)/t14-/m0/s1. The van der Waals surface area contributed by atoms with Crippen LogP contribution in [0.5, 0.6) is 11.5 Å². The van der Waals surface area contributed by atoms with Gasteiger partial charge in [-0.05, 0) is 24.3 Å². The van der Waals surface area contributed by atoms with E-state index in [9.17, 15) is 4.79 Å². The second kappa shape index (κ2) is 8.30. The van der Waals surface area contributed by atoms with Crippen molar-refractivity contribution in [3.63, 3.8) is 0 Å². The van der Waals surface area contributed by atoms with Crippen LogP contribution in [0.4, 0.5) is 0 Å². The first-order valence-electron chi connectivity index (χ1n) is 8.78. The molecule has 1 N–H and O–H groups in total. The van der Waals surface area contributed by atoms with Crippen LogP contribution in [0.1, 0.15) is 0 Å².